The van der Waals surface area contributed by atoms with Crippen molar-refractivity contribution in [1.82, 2.24) is 4.98 Å². The predicted octanol–water partition coefficient (Wildman–Crippen LogP) is 2.40. The molecule has 0 unspecified atom stereocenters. The molecule has 0 saturated carbocycles. The number of aromatic nitrogens is 1. The summed E-state index contributed by atoms with van der Waals surface area (Å²) in [4.78, 5) is 5.16. The van der Waals surface area contributed by atoms with Crippen LogP contribution in [0.15, 0.2) is 30.3 Å². The van der Waals surface area contributed by atoms with Crippen LogP contribution in [0.2, 0.25) is 0 Å². The van der Waals surface area contributed by atoms with E-state index in [1.807, 2.05) is 37.3 Å². The number of nitrogens with zero attached hydrogens (tertiary/aromatic N) is 1. The molecule has 0 atom stereocenters. The minimum absolute atomic E-state index is 0.0900. The van der Waals surface area contributed by atoms with Crippen LogP contribution in [0.1, 0.15) is 10.6 Å². The van der Waals surface area contributed by atoms with Crippen molar-refractivity contribution in [3.05, 3.63) is 40.9 Å². The number of thiazole rings is 1. The molecule has 4 heteroatoms. The molecule has 3 N–H and O–H groups in total. The minimum atomic E-state index is 0.0900. The summed E-state index contributed by atoms with van der Waals surface area (Å²) >= 11 is 1.46. The summed E-state index contributed by atoms with van der Waals surface area (Å²) < 4.78 is 0. The summed E-state index contributed by atoms with van der Waals surface area (Å²) in [6.45, 7) is 1.87. The zero-order valence-corrected chi connectivity index (χ0v) is 9.14. The van der Waals surface area contributed by atoms with Crippen LogP contribution < -0.4 is 5.73 Å². The first-order chi connectivity index (χ1) is 7.18. The Kier molecular flexibility index (Phi) is 2.51. The van der Waals surface area contributed by atoms with Gasteiger partial charge in [0.25, 0.3) is 0 Å². The van der Waals surface area contributed by atoms with Gasteiger partial charge < -0.3 is 5.73 Å². The summed E-state index contributed by atoms with van der Waals surface area (Å²) in [6.07, 6.45) is 0. The van der Waals surface area contributed by atoms with E-state index in [2.05, 4.69) is 4.98 Å². The monoisotopic (exact) mass is 217 g/mol. The minimum Gasteiger partial charge on any atom is -0.383 e. The van der Waals surface area contributed by atoms with Gasteiger partial charge in [0, 0.05) is 5.56 Å². The number of amidine groups is 1. The lowest BCUT2D eigenvalue weighted by Gasteiger charge is -1.92. The molecule has 2 aromatic rings. The number of rotatable bonds is 2. The van der Waals surface area contributed by atoms with Crippen molar-refractivity contribution in [1.29, 1.82) is 5.41 Å². The fourth-order valence-electron chi connectivity index (χ4n) is 1.35. The molecule has 0 aliphatic rings. The number of hydrogen-bond acceptors (Lipinski definition) is 3. The highest BCUT2D eigenvalue weighted by Crippen LogP contribution is 2.27. The van der Waals surface area contributed by atoms with E-state index in [1.165, 1.54) is 11.3 Å². The quantitative estimate of drug-likeness (QED) is 0.599. The number of nitrogen functional groups attached to an aromatic ring is 1. The lowest BCUT2D eigenvalue weighted by Crippen LogP contribution is -2.10. The van der Waals surface area contributed by atoms with Gasteiger partial charge in [0.1, 0.15) is 10.8 Å². The topological polar surface area (TPSA) is 62.8 Å². The fraction of sp³-hybridized carbons (Fsp3) is 0.0909. The highest BCUT2D eigenvalue weighted by Gasteiger charge is 2.10. The lowest BCUT2D eigenvalue weighted by atomic mass is 10.2. The van der Waals surface area contributed by atoms with Crippen molar-refractivity contribution in [2.45, 2.75) is 6.92 Å². The molecule has 0 spiro atoms. The SMILES string of the molecule is Cc1nc(-c2ccccc2)sc1C(=N)N. The maximum Gasteiger partial charge on any atom is 0.135 e. The van der Waals surface area contributed by atoms with Crippen molar-refractivity contribution < 1.29 is 0 Å². The van der Waals surface area contributed by atoms with Crippen LogP contribution in [0.5, 0.6) is 0 Å². The van der Waals surface area contributed by atoms with Crippen LogP contribution in [0.4, 0.5) is 0 Å². The zero-order valence-electron chi connectivity index (χ0n) is 8.32. The van der Waals surface area contributed by atoms with E-state index in [0.29, 0.717) is 0 Å². The van der Waals surface area contributed by atoms with Crippen LogP contribution in [-0.4, -0.2) is 10.8 Å². The third kappa shape index (κ3) is 1.89. The van der Waals surface area contributed by atoms with Crippen molar-refractivity contribution in [3.8, 4) is 10.6 Å². The molecule has 76 valence electrons. The van der Waals surface area contributed by atoms with Crippen molar-refractivity contribution >= 4 is 17.2 Å². The fourth-order valence-corrected chi connectivity index (χ4v) is 2.28. The number of hydrogen-bond donors (Lipinski definition) is 2. The Morgan fingerprint density at radius 3 is 2.53 bits per heavy atom. The van der Waals surface area contributed by atoms with E-state index in [-0.39, 0.29) is 5.84 Å². The normalized spacial score (nSPS) is 10.2. The van der Waals surface area contributed by atoms with Crippen LogP contribution in [0.3, 0.4) is 0 Å². The Morgan fingerprint density at radius 1 is 1.33 bits per heavy atom. The third-order valence-electron chi connectivity index (χ3n) is 2.06. The first kappa shape index (κ1) is 9.86. The van der Waals surface area contributed by atoms with Crippen molar-refractivity contribution in [2.24, 2.45) is 5.73 Å². The first-order valence-corrected chi connectivity index (χ1v) is 5.37. The molecule has 0 fully saturated rings. The van der Waals surface area contributed by atoms with E-state index in [4.69, 9.17) is 11.1 Å². The second kappa shape index (κ2) is 3.82. The summed E-state index contributed by atoms with van der Waals surface area (Å²) in [5.41, 5.74) is 7.35. The smallest absolute Gasteiger partial charge is 0.135 e. The van der Waals surface area contributed by atoms with E-state index in [9.17, 15) is 0 Å². The molecule has 15 heavy (non-hydrogen) atoms. The molecule has 0 amide bonds. The van der Waals surface area contributed by atoms with E-state index < -0.39 is 0 Å². The highest BCUT2D eigenvalue weighted by molar-refractivity contribution is 7.17. The van der Waals surface area contributed by atoms with E-state index in [1.54, 1.807) is 0 Å². The van der Waals surface area contributed by atoms with Gasteiger partial charge in [0.05, 0.1) is 10.6 Å². The Labute approximate surface area is 92.1 Å². The average molecular weight is 217 g/mol. The molecule has 0 radical (unpaired) electrons. The van der Waals surface area contributed by atoms with E-state index in [0.717, 1.165) is 21.1 Å². The molecule has 0 aliphatic heterocycles. The van der Waals surface area contributed by atoms with Gasteiger partial charge in [0.15, 0.2) is 0 Å². The summed E-state index contributed by atoms with van der Waals surface area (Å²) in [7, 11) is 0. The Bertz CT molecular complexity index is 488. The molecule has 2 rings (SSSR count). The average Bonchev–Trinajstić information content (AvgIpc) is 2.62. The number of benzene rings is 1. The van der Waals surface area contributed by atoms with Gasteiger partial charge in [-0.3, -0.25) is 5.41 Å². The van der Waals surface area contributed by atoms with Crippen LogP contribution >= 0.6 is 11.3 Å². The van der Waals surface area contributed by atoms with Gasteiger partial charge in [-0.05, 0) is 6.92 Å². The third-order valence-corrected chi connectivity index (χ3v) is 3.30. The van der Waals surface area contributed by atoms with Gasteiger partial charge >= 0.3 is 0 Å². The molecule has 3 nitrogen and oxygen atoms in total. The van der Waals surface area contributed by atoms with Gasteiger partial charge in [-0.1, -0.05) is 30.3 Å². The Hall–Kier alpha value is -1.68. The molecular weight excluding hydrogens is 206 g/mol. The van der Waals surface area contributed by atoms with Gasteiger partial charge in [-0.15, -0.1) is 11.3 Å². The van der Waals surface area contributed by atoms with E-state index >= 15 is 0 Å². The van der Waals surface area contributed by atoms with Gasteiger partial charge in [0.2, 0.25) is 0 Å². The zero-order chi connectivity index (χ0) is 10.8. The van der Waals surface area contributed by atoms with Crippen LogP contribution in [0, 0.1) is 12.3 Å². The number of aryl methyl sites for hydroxylation is 1. The summed E-state index contributed by atoms with van der Waals surface area (Å²) in [5.74, 6) is 0.0900. The molecule has 1 aromatic heterocycles. The maximum atomic E-state index is 7.40. The molecule has 0 saturated heterocycles. The molecule has 1 aromatic carbocycles. The van der Waals surface area contributed by atoms with Crippen molar-refractivity contribution in [3.63, 3.8) is 0 Å². The highest BCUT2D eigenvalue weighted by atomic mass is 32.1. The first-order valence-electron chi connectivity index (χ1n) is 4.55. The molecule has 1 heterocycles. The standard InChI is InChI=1S/C11H11N3S/c1-7-9(10(12)13)15-11(14-7)8-5-3-2-4-6-8/h2-6H,1H3,(H3,12,13). The Balaban J connectivity index is 2.48. The maximum absolute atomic E-state index is 7.40. The largest absolute Gasteiger partial charge is 0.383 e. The molecule has 0 bridgehead atoms. The van der Waals surface area contributed by atoms with Gasteiger partial charge in [-0.2, -0.15) is 0 Å². The second-order valence-corrected chi connectivity index (χ2v) is 4.21. The summed E-state index contributed by atoms with van der Waals surface area (Å²) in [5, 5.41) is 8.32. The summed E-state index contributed by atoms with van der Waals surface area (Å²) in [6, 6.07) is 9.92. The van der Waals surface area contributed by atoms with Crippen molar-refractivity contribution in [2.75, 3.05) is 0 Å². The predicted molar refractivity (Wildman–Crippen MR) is 63.3 cm³/mol. The van der Waals surface area contributed by atoms with Crippen LogP contribution in [-0.2, 0) is 0 Å². The second-order valence-electron chi connectivity index (χ2n) is 3.21. The molecular formula is C11H11N3S. The van der Waals surface area contributed by atoms with Crippen LogP contribution in [0.25, 0.3) is 10.6 Å². The van der Waals surface area contributed by atoms with Gasteiger partial charge in [-0.25, -0.2) is 4.98 Å². The molecule has 0 aliphatic carbocycles. The number of nitrogens with one attached hydrogen (secondary N) is 1. The Morgan fingerprint density at radius 2 is 2.00 bits per heavy atom. The number of nitrogens with two attached hydrogens (primary N) is 1. The lowest BCUT2D eigenvalue weighted by molar-refractivity contribution is 1.25.